The van der Waals surface area contributed by atoms with Crippen molar-refractivity contribution in [2.75, 3.05) is 14.2 Å². The molecule has 0 aliphatic carbocycles. The molecule has 0 saturated carbocycles. The molecule has 0 fully saturated rings. The molecular formula is C24H20F2O4. The topological polar surface area (TPSA) is 44.8 Å². The van der Waals surface area contributed by atoms with Crippen molar-refractivity contribution in [3.05, 3.63) is 95.1 Å². The zero-order valence-electron chi connectivity index (χ0n) is 16.5. The molecule has 0 atom stereocenters. The van der Waals surface area contributed by atoms with E-state index in [4.69, 9.17) is 14.2 Å². The first-order valence-electron chi connectivity index (χ1n) is 9.11. The Labute approximate surface area is 173 Å². The van der Waals surface area contributed by atoms with Gasteiger partial charge in [0.05, 0.1) is 14.2 Å². The molecule has 0 amide bonds. The van der Waals surface area contributed by atoms with E-state index in [1.807, 2.05) is 0 Å². The zero-order valence-corrected chi connectivity index (χ0v) is 16.5. The third kappa shape index (κ3) is 5.23. The van der Waals surface area contributed by atoms with Gasteiger partial charge in [-0.25, -0.2) is 8.78 Å². The molecule has 0 bridgehead atoms. The number of methoxy groups -OCH3 is 2. The molecule has 0 saturated heterocycles. The van der Waals surface area contributed by atoms with Crippen LogP contribution in [0.3, 0.4) is 0 Å². The molecule has 4 nitrogen and oxygen atoms in total. The lowest BCUT2D eigenvalue weighted by molar-refractivity contribution is 0.104. The van der Waals surface area contributed by atoms with Gasteiger partial charge in [-0.05, 0) is 60.2 Å². The number of benzene rings is 3. The van der Waals surface area contributed by atoms with Crippen molar-refractivity contribution in [1.82, 2.24) is 0 Å². The number of hydrogen-bond donors (Lipinski definition) is 0. The van der Waals surface area contributed by atoms with Gasteiger partial charge in [0.25, 0.3) is 0 Å². The number of hydrogen-bond acceptors (Lipinski definition) is 4. The summed E-state index contributed by atoms with van der Waals surface area (Å²) in [5.41, 5.74) is 1.94. The fourth-order valence-electron chi connectivity index (χ4n) is 2.79. The molecule has 0 spiro atoms. The van der Waals surface area contributed by atoms with E-state index in [9.17, 15) is 13.6 Å². The van der Waals surface area contributed by atoms with Gasteiger partial charge in [0, 0.05) is 17.2 Å². The lowest BCUT2D eigenvalue weighted by atomic mass is 10.1. The summed E-state index contributed by atoms with van der Waals surface area (Å²) < 4.78 is 42.7. The minimum absolute atomic E-state index is 0.0137. The number of halogens is 2. The predicted octanol–water partition coefficient (Wildman–Crippen LogP) is 5.46. The number of carbonyl (C=O) groups excluding carboxylic acids is 1. The Morgan fingerprint density at radius 1 is 0.900 bits per heavy atom. The smallest absolute Gasteiger partial charge is 0.185 e. The van der Waals surface area contributed by atoms with Crippen molar-refractivity contribution in [2.24, 2.45) is 0 Å². The van der Waals surface area contributed by atoms with Crippen molar-refractivity contribution in [1.29, 1.82) is 0 Å². The van der Waals surface area contributed by atoms with Crippen LogP contribution in [-0.2, 0) is 6.61 Å². The lowest BCUT2D eigenvalue weighted by Crippen LogP contribution is -2.01. The number of rotatable bonds is 8. The first kappa shape index (κ1) is 21.0. The minimum Gasteiger partial charge on any atom is -0.497 e. The predicted molar refractivity (Wildman–Crippen MR) is 110 cm³/mol. The lowest BCUT2D eigenvalue weighted by Gasteiger charge is -2.12. The van der Waals surface area contributed by atoms with E-state index < -0.39 is 11.6 Å². The van der Waals surface area contributed by atoms with Gasteiger partial charge in [0.15, 0.2) is 17.3 Å². The van der Waals surface area contributed by atoms with Gasteiger partial charge >= 0.3 is 0 Å². The number of carbonyl (C=O) groups is 1. The highest BCUT2D eigenvalue weighted by Crippen LogP contribution is 2.25. The number of ketones is 1. The average molecular weight is 410 g/mol. The Kier molecular flexibility index (Phi) is 6.80. The average Bonchev–Trinajstić information content (AvgIpc) is 2.77. The van der Waals surface area contributed by atoms with Crippen molar-refractivity contribution in [2.45, 2.75) is 6.61 Å². The van der Waals surface area contributed by atoms with Crippen molar-refractivity contribution in [3.63, 3.8) is 0 Å². The Morgan fingerprint density at radius 3 is 2.30 bits per heavy atom. The monoisotopic (exact) mass is 410 g/mol. The van der Waals surface area contributed by atoms with Gasteiger partial charge in [-0.1, -0.05) is 12.1 Å². The second-order valence-electron chi connectivity index (χ2n) is 6.36. The van der Waals surface area contributed by atoms with E-state index in [0.29, 0.717) is 22.6 Å². The molecule has 154 valence electrons. The van der Waals surface area contributed by atoms with Crippen LogP contribution in [0, 0.1) is 11.6 Å². The Bertz CT molecular complexity index is 1060. The van der Waals surface area contributed by atoms with Gasteiger partial charge in [0.2, 0.25) is 0 Å². The molecule has 0 aliphatic heterocycles. The summed E-state index contributed by atoms with van der Waals surface area (Å²) in [4.78, 5) is 12.4. The molecular weight excluding hydrogens is 390 g/mol. The summed E-state index contributed by atoms with van der Waals surface area (Å²) in [5, 5.41) is 0. The summed E-state index contributed by atoms with van der Waals surface area (Å²) in [7, 11) is 3.08. The molecule has 0 N–H and O–H groups in total. The minimum atomic E-state index is -0.782. The molecule has 0 aromatic heterocycles. The maximum atomic E-state index is 13.8. The molecule has 3 aromatic rings. The molecule has 0 heterocycles. The highest BCUT2D eigenvalue weighted by molar-refractivity contribution is 6.06. The summed E-state index contributed by atoms with van der Waals surface area (Å²) in [5.74, 6) is -0.445. The molecule has 0 radical (unpaired) electrons. The highest BCUT2D eigenvalue weighted by Gasteiger charge is 2.09. The summed E-state index contributed by atoms with van der Waals surface area (Å²) in [6.45, 7) is 0.0137. The van der Waals surface area contributed by atoms with Crippen LogP contribution in [0.5, 0.6) is 17.2 Å². The Hall–Kier alpha value is -3.67. The van der Waals surface area contributed by atoms with Crippen LogP contribution in [0.2, 0.25) is 0 Å². The van der Waals surface area contributed by atoms with Crippen LogP contribution in [0.4, 0.5) is 8.78 Å². The van der Waals surface area contributed by atoms with Crippen LogP contribution in [0.25, 0.3) is 6.08 Å². The zero-order chi connectivity index (χ0) is 21.5. The quantitative estimate of drug-likeness (QED) is 0.366. The Morgan fingerprint density at radius 2 is 1.63 bits per heavy atom. The number of allylic oxidation sites excluding steroid dienone is 1. The summed E-state index contributed by atoms with van der Waals surface area (Å²) >= 11 is 0. The van der Waals surface area contributed by atoms with E-state index in [1.165, 1.54) is 19.3 Å². The summed E-state index contributed by atoms with van der Waals surface area (Å²) in [6, 6.07) is 15.2. The van der Waals surface area contributed by atoms with Crippen molar-refractivity contribution in [3.8, 4) is 17.2 Å². The third-order valence-electron chi connectivity index (χ3n) is 4.38. The van der Waals surface area contributed by atoms with E-state index in [0.717, 1.165) is 17.7 Å². The molecule has 3 rings (SSSR count). The maximum absolute atomic E-state index is 13.8. The van der Waals surface area contributed by atoms with Crippen LogP contribution < -0.4 is 14.2 Å². The van der Waals surface area contributed by atoms with Crippen LogP contribution in [0.1, 0.15) is 21.5 Å². The molecule has 0 aliphatic rings. The molecule has 3 aromatic carbocycles. The Balaban J connectivity index is 1.74. The summed E-state index contributed by atoms with van der Waals surface area (Å²) in [6.07, 6.45) is 3.14. The normalized spacial score (nSPS) is 10.8. The van der Waals surface area contributed by atoms with Gasteiger partial charge in [-0.2, -0.15) is 0 Å². The van der Waals surface area contributed by atoms with Gasteiger partial charge in [-0.15, -0.1) is 0 Å². The van der Waals surface area contributed by atoms with Crippen molar-refractivity contribution < 1.29 is 27.8 Å². The third-order valence-corrected chi connectivity index (χ3v) is 4.38. The SMILES string of the molecule is COc1ccc(C(=O)/C=C/c2ccc(OC)c(COc3ccc(F)cc3F)c2)cc1. The van der Waals surface area contributed by atoms with E-state index in [1.54, 1.807) is 55.7 Å². The first-order chi connectivity index (χ1) is 14.5. The molecule has 6 heteroatoms. The fourth-order valence-corrected chi connectivity index (χ4v) is 2.79. The second kappa shape index (κ2) is 9.69. The van der Waals surface area contributed by atoms with Gasteiger partial charge in [-0.3, -0.25) is 4.79 Å². The van der Waals surface area contributed by atoms with Gasteiger partial charge < -0.3 is 14.2 Å². The first-order valence-corrected chi connectivity index (χ1v) is 9.11. The number of ether oxygens (including phenoxy) is 3. The van der Waals surface area contributed by atoms with E-state index in [-0.39, 0.29) is 18.1 Å². The highest BCUT2D eigenvalue weighted by atomic mass is 19.1. The van der Waals surface area contributed by atoms with E-state index >= 15 is 0 Å². The molecule has 30 heavy (non-hydrogen) atoms. The van der Waals surface area contributed by atoms with Gasteiger partial charge in [0.1, 0.15) is 23.9 Å². The van der Waals surface area contributed by atoms with E-state index in [2.05, 4.69) is 0 Å². The second-order valence-corrected chi connectivity index (χ2v) is 6.36. The van der Waals surface area contributed by atoms with Crippen LogP contribution >= 0.6 is 0 Å². The van der Waals surface area contributed by atoms with Crippen LogP contribution in [-0.4, -0.2) is 20.0 Å². The maximum Gasteiger partial charge on any atom is 0.185 e. The standard InChI is InChI=1S/C24H20F2O4/c1-28-20-8-5-17(6-9-20)22(27)10-3-16-4-11-23(29-2)18(13-16)15-30-24-12-7-19(25)14-21(24)26/h3-14H,15H2,1-2H3/b10-3+. The van der Waals surface area contributed by atoms with Crippen molar-refractivity contribution >= 4 is 11.9 Å². The fraction of sp³-hybridized carbons (Fsp3) is 0.125. The largest absolute Gasteiger partial charge is 0.497 e. The molecule has 0 unspecified atom stereocenters. The van der Waals surface area contributed by atoms with Crippen LogP contribution in [0.15, 0.2) is 66.7 Å².